The monoisotopic (exact) mass is 882 g/mol. The Kier molecular flexibility index (Phi) is 19.4. The van der Waals surface area contributed by atoms with E-state index in [1.807, 2.05) is 82.1 Å². The molecule has 1 unspecified atom stereocenters. The van der Waals surface area contributed by atoms with Crippen LogP contribution in [0.4, 0.5) is 0 Å². The first kappa shape index (κ1) is 48.7. The number of pyridine rings is 1. The number of amides is 3. The molecule has 0 bridgehead atoms. The summed E-state index contributed by atoms with van der Waals surface area (Å²) in [5.74, 6) is -2.42. The number of aliphatic carboxylic acids is 1. The van der Waals surface area contributed by atoms with Gasteiger partial charge >= 0.3 is 11.9 Å². The number of likely N-dealkylation sites (N-methyl/N-ethyl adjacent to an activating group) is 2. The molecule has 1 aliphatic heterocycles. The minimum atomic E-state index is -0.954. The number of piperidine rings is 1. The first-order chi connectivity index (χ1) is 28.6. The van der Waals surface area contributed by atoms with Gasteiger partial charge < -0.3 is 25.4 Å². The third kappa shape index (κ3) is 14.6. The highest BCUT2D eigenvalue weighted by Crippen LogP contribution is 2.33. The highest BCUT2D eigenvalue weighted by molar-refractivity contribution is 8.76. The number of rotatable bonds is 22. The van der Waals surface area contributed by atoms with Crippen molar-refractivity contribution in [2.24, 2.45) is 17.8 Å². The molecule has 1 fully saturated rings. The number of ether oxygens (including phenoxy) is 1. The first-order valence-electron chi connectivity index (χ1n) is 20.8. The molecule has 0 saturated carbocycles. The highest BCUT2D eigenvalue weighted by atomic mass is 33.1. The number of hydrogen-bond acceptors (Lipinski definition) is 12. The predicted octanol–water partition coefficient (Wildman–Crippen LogP) is 7.42. The van der Waals surface area contributed by atoms with E-state index < -0.39 is 48.0 Å². The van der Waals surface area contributed by atoms with Crippen LogP contribution in [0.5, 0.6) is 0 Å². The number of aromatic nitrogens is 2. The molecule has 1 aromatic carbocycles. The SMILES string of the molecule is CCC(C)[C@H](NC(=O)[C@H]1CCCCN1C)C(=O)N(C)[C@H](C[C@@H](OC(C)=O)c1nc(C(=O)N[C@@H](Cc2ccc(CSSc3ccccn3)cc2)C[C@H](C)C(=O)O)cs1)C(C)C. The third-order valence-electron chi connectivity index (χ3n) is 11.2. The number of nitrogens with zero attached hydrogens (tertiary/aromatic N) is 4. The number of carboxylic acids is 1. The molecule has 0 aliphatic carbocycles. The summed E-state index contributed by atoms with van der Waals surface area (Å²) in [5, 5.41) is 18.8. The zero-order valence-electron chi connectivity index (χ0n) is 36.1. The number of thiazole rings is 1. The predicted molar refractivity (Wildman–Crippen MR) is 238 cm³/mol. The fourth-order valence-electron chi connectivity index (χ4n) is 7.35. The number of benzene rings is 1. The lowest BCUT2D eigenvalue weighted by Gasteiger charge is -2.38. The van der Waals surface area contributed by atoms with Crippen molar-refractivity contribution in [3.8, 4) is 0 Å². The van der Waals surface area contributed by atoms with Gasteiger partial charge in [0.05, 0.1) is 12.0 Å². The summed E-state index contributed by atoms with van der Waals surface area (Å²) in [5.41, 5.74) is 2.20. The van der Waals surface area contributed by atoms with Gasteiger partial charge in [0.1, 0.15) is 21.8 Å². The Morgan fingerprint density at radius 3 is 2.35 bits per heavy atom. The van der Waals surface area contributed by atoms with Crippen LogP contribution in [0.1, 0.15) is 113 Å². The first-order valence-corrected chi connectivity index (χ1v) is 24.0. The summed E-state index contributed by atoms with van der Waals surface area (Å²) in [6.07, 6.45) is 5.19. The maximum atomic E-state index is 14.3. The van der Waals surface area contributed by atoms with Crippen LogP contribution < -0.4 is 10.6 Å². The minimum absolute atomic E-state index is 0.0622. The van der Waals surface area contributed by atoms with E-state index in [2.05, 4.69) is 20.6 Å². The van der Waals surface area contributed by atoms with E-state index in [-0.39, 0.29) is 48.2 Å². The van der Waals surface area contributed by atoms with Crippen LogP contribution in [0.2, 0.25) is 0 Å². The van der Waals surface area contributed by atoms with E-state index in [0.717, 1.165) is 47.7 Å². The average molecular weight is 883 g/mol. The second kappa shape index (κ2) is 23.9. The van der Waals surface area contributed by atoms with Gasteiger partial charge in [0.15, 0.2) is 6.10 Å². The summed E-state index contributed by atoms with van der Waals surface area (Å²) in [6, 6.07) is 12.0. The van der Waals surface area contributed by atoms with Crippen molar-refractivity contribution in [2.75, 3.05) is 20.6 Å². The van der Waals surface area contributed by atoms with Gasteiger partial charge in [-0.2, -0.15) is 0 Å². The lowest BCUT2D eigenvalue weighted by atomic mass is 9.92. The number of carboxylic acid groups (broad SMARTS) is 1. The summed E-state index contributed by atoms with van der Waals surface area (Å²) in [7, 11) is 6.96. The van der Waals surface area contributed by atoms with Crippen molar-refractivity contribution < 1.29 is 33.8 Å². The Hall–Kier alpha value is -3.99. The molecule has 4 rings (SSSR count). The van der Waals surface area contributed by atoms with E-state index in [4.69, 9.17) is 4.74 Å². The van der Waals surface area contributed by atoms with Crippen molar-refractivity contribution in [3.05, 3.63) is 75.9 Å². The molecule has 13 nitrogen and oxygen atoms in total. The van der Waals surface area contributed by atoms with E-state index in [0.29, 0.717) is 17.8 Å². The number of likely N-dealkylation sites (tertiary alicyclic amines) is 1. The van der Waals surface area contributed by atoms with Crippen molar-refractivity contribution in [3.63, 3.8) is 0 Å². The zero-order valence-corrected chi connectivity index (χ0v) is 38.5. The average Bonchev–Trinajstić information content (AvgIpc) is 3.72. The standard InChI is InChI=1S/C44H62N6O7S3/c1-9-28(4)39(48-41(53)35-14-11-13-21-49(35)7)43(54)50(8)36(27(2)3)24-37(57-30(6)51)42-47-34(26-58-42)40(52)46-33(22-29(5)44(55)56)23-31-16-18-32(19-17-31)25-59-60-38-15-10-12-20-45-38/h10,12,15-20,26-29,33,35-37,39H,9,11,13-14,21-25H2,1-8H3,(H,46,52)(H,48,53)(H,55,56)/t28?,29-,33+,35+,36+,37+,39-/m0/s1. The number of carbonyl (C=O) groups excluding carboxylic acids is 4. The van der Waals surface area contributed by atoms with E-state index in [1.54, 1.807) is 52.0 Å². The molecule has 1 aliphatic rings. The van der Waals surface area contributed by atoms with Crippen LogP contribution in [0.3, 0.4) is 0 Å². The molecule has 3 heterocycles. The molecule has 0 radical (unpaired) electrons. The number of nitrogens with one attached hydrogen (secondary N) is 2. The molecule has 3 aromatic rings. The van der Waals surface area contributed by atoms with Gasteiger partial charge in [-0.3, -0.25) is 28.9 Å². The molecular formula is C44H62N6O7S3. The van der Waals surface area contributed by atoms with Crippen LogP contribution in [-0.4, -0.2) is 99.3 Å². The lowest BCUT2D eigenvalue weighted by Crippen LogP contribution is -2.58. The Balaban J connectivity index is 1.46. The van der Waals surface area contributed by atoms with Crippen molar-refractivity contribution in [1.29, 1.82) is 0 Å². The van der Waals surface area contributed by atoms with Gasteiger partial charge in [-0.1, -0.05) is 88.6 Å². The number of hydrogen-bond donors (Lipinski definition) is 3. The number of carbonyl (C=O) groups is 5. The number of esters is 1. The second-order valence-electron chi connectivity index (χ2n) is 16.2. The third-order valence-corrected chi connectivity index (χ3v) is 14.3. The van der Waals surface area contributed by atoms with Crippen molar-refractivity contribution >= 4 is 62.6 Å². The molecule has 60 heavy (non-hydrogen) atoms. The van der Waals surface area contributed by atoms with E-state index >= 15 is 0 Å². The zero-order chi connectivity index (χ0) is 43.9. The van der Waals surface area contributed by atoms with Crippen LogP contribution in [-0.2, 0) is 36.1 Å². The molecule has 1 saturated heterocycles. The van der Waals surface area contributed by atoms with Crippen LogP contribution in [0.25, 0.3) is 0 Å². The van der Waals surface area contributed by atoms with Crippen LogP contribution in [0.15, 0.2) is 59.1 Å². The van der Waals surface area contributed by atoms with Gasteiger partial charge in [0, 0.05) is 49.8 Å². The molecule has 3 amide bonds. The normalized spacial score (nSPS) is 17.4. The fourth-order valence-corrected chi connectivity index (χ4v) is 10.2. The van der Waals surface area contributed by atoms with Gasteiger partial charge in [-0.25, -0.2) is 9.97 Å². The minimum Gasteiger partial charge on any atom is -0.481 e. The summed E-state index contributed by atoms with van der Waals surface area (Å²) < 4.78 is 5.81. The largest absolute Gasteiger partial charge is 0.481 e. The molecule has 7 atom stereocenters. The Morgan fingerprint density at radius 1 is 1.02 bits per heavy atom. The van der Waals surface area contributed by atoms with Crippen molar-refractivity contribution in [1.82, 2.24) is 30.4 Å². The van der Waals surface area contributed by atoms with E-state index in [9.17, 15) is 29.1 Å². The smallest absolute Gasteiger partial charge is 0.306 e. The second-order valence-corrected chi connectivity index (χ2v) is 19.4. The summed E-state index contributed by atoms with van der Waals surface area (Å²) in [4.78, 5) is 78.5. The molecule has 328 valence electrons. The molecule has 3 N–H and O–H groups in total. The molecule has 16 heteroatoms. The summed E-state index contributed by atoms with van der Waals surface area (Å²) in [6.45, 7) is 11.7. The molecular weight excluding hydrogens is 821 g/mol. The van der Waals surface area contributed by atoms with Crippen LogP contribution in [0, 0.1) is 17.8 Å². The maximum absolute atomic E-state index is 14.3. The Labute approximate surface area is 367 Å². The van der Waals surface area contributed by atoms with Crippen LogP contribution >= 0.6 is 32.9 Å². The van der Waals surface area contributed by atoms with Gasteiger partial charge in [0.25, 0.3) is 5.91 Å². The van der Waals surface area contributed by atoms with Gasteiger partial charge in [-0.05, 0) is 85.2 Å². The van der Waals surface area contributed by atoms with E-state index in [1.165, 1.54) is 18.3 Å². The fraction of sp³-hybridized carbons (Fsp3) is 0.568. The van der Waals surface area contributed by atoms with Gasteiger partial charge in [-0.15, -0.1) is 11.3 Å². The lowest BCUT2D eigenvalue weighted by molar-refractivity contribution is -0.149. The van der Waals surface area contributed by atoms with Crippen molar-refractivity contribution in [2.45, 2.75) is 128 Å². The maximum Gasteiger partial charge on any atom is 0.306 e. The van der Waals surface area contributed by atoms with Gasteiger partial charge in [0.2, 0.25) is 11.8 Å². The highest BCUT2D eigenvalue weighted by Gasteiger charge is 2.37. The summed E-state index contributed by atoms with van der Waals surface area (Å²) >= 11 is 1.18. The topological polar surface area (TPSA) is 171 Å². The Bertz CT molecular complexity index is 1860. The molecule has 0 spiro atoms. The molecule has 2 aromatic heterocycles. The quantitative estimate of drug-likeness (QED) is 0.0675. The Morgan fingerprint density at radius 2 is 1.73 bits per heavy atom.